The monoisotopic (exact) mass is 237 g/mol. The molecule has 2 rings (SSSR count). The normalized spacial score (nSPS) is 30.1. The lowest BCUT2D eigenvalue weighted by Crippen LogP contribution is -2.44. The molecule has 0 bridgehead atoms. The van der Waals surface area contributed by atoms with Crippen molar-refractivity contribution in [2.75, 3.05) is 13.1 Å². The molecule has 2 aliphatic rings. The molecule has 0 aliphatic heterocycles. The molecular formula is C14H27N3. The van der Waals surface area contributed by atoms with Gasteiger partial charge in [0.15, 0.2) is 5.96 Å². The van der Waals surface area contributed by atoms with Crippen LogP contribution in [0.1, 0.15) is 52.4 Å². The van der Waals surface area contributed by atoms with Gasteiger partial charge in [-0.05, 0) is 57.3 Å². The SMILES string of the molecule is CCNC(=NCC1CC1)NC1CCC(C)CC1. The topological polar surface area (TPSA) is 36.4 Å². The highest BCUT2D eigenvalue weighted by atomic mass is 15.2. The van der Waals surface area contributed by atoms with Crippen LogP contribution in [0.15, 0.2) is 4.99 Å². The van der Waals surface area contributed by atoms with E-state index in [2.05, 4.69) is 29.5 Å². The van der Waals surface area contributed by atoms with Gasteiger partial charge in [0.1, 0.15) is 0 Å². The van der Waals surface area contributed by atoms with Crippen LogP contribution >= 0.6 is 0 Å². The zero-order valence-corrected chi connectivity index (χ0v) is 11.3. The Morgan fingerprint density at radius 1 is 1.12 bits per heavy atom. The Hall–Kier alpha value is -0.730. The molecule has 3 nitrogen and oxygen atoms in total. The van der Waals surface area contributed by atoms with Gasteiger partial charge in [0.25, 0.3) is 0 Å². The van der Waals surface area contributed by atoms with Crippen molar-refractivity contribution >= 4 is 5.96 Å². The predicted octanol–water partition coefficient (Wildman–Crippen LogP) is 2.53. The summed E-state index contributed by atoms with van der Waals surface area (Å²) < 4.78 is 0. The van der Waals surface area contributed by atoms with Gasteiger partial charge in [-0.1, -0.05) is 6.92 Å². The highest BCUT2D eigenvalue weighted by Gasteiger charge is 2.22. The number of rotatable bonds is 4. The number of hydrogen-bond donors (Lipinski definition) is 2. The van der Waals surface area contributed by atoms with Crippen LogP contribution in [0.25, 0.3) is 0 Å². The molecule has 0 saturated heterocycles. The molecule has 0 atom stereocenters. The summed E-state index contributed by atoms with van der Waals surface area (Å²) in [4.78, 5) is 4.68. The second-order valence-electron chi connectivity index (χ2n) is 5.76. The fraction of sp³-hybridized carbons (Fsp3) is 0.929. The Bertz CT molecular complexity index is 250. The number of aliphatic imine (C=N–C) groups is 1. The summed E-state index contributed by atoms with van der Waals surface area (Å²) in [5, 5.41) is 6.96. The minimum absolute atomic E-state index is 0.642. The lowest BCUT2D eigenvalue weighted by molar-refractivity contribution is 0.329. The largest absolute Gasteiger partial charge is 0.357 e. The van der Waals surface area contributed by atoms with Crippen molar-refractivity contribution in [1.82, 2.24) is 10.6 Å². The van der Waals surface area contributed by atoms with Gasteiger partial charge in [-0.2, -0.15) is 0 Å². The van der Waals surface area contributed by atoms with E-state index in [1.807, 2.05) is 0 Å². The molecule has 0 unspecified atom stereocenters. The maximum atomic E-state index is 4.68. The maximum Gasteiger partial charge on any atom is 0.191 e. The van der Waals surface area contributed by atoms with E-state index in [1.165, 1.54) is 38.5 Å². The summed E-state index contributed by atoms with van der Waals surface area (Å²) >= 11 is 0. The average molecular weight is 237 g/mol. The molecule has 0 radical (unpaired) electrons. The molecule has 0 amide bonds. The van der Waals surface area contributed by atoms with Crippen LogP contribution in [0.2, 0.25) is 0 Å². The molecule has 98 valence electrons. The van der Waals surface area contributed by atoms with Crippen molar-refractivity contribution < 1.29 is 0 Å². The van der Waals surface area contributed by atoms with Gasteiger partial charge >= 0.3 is 0 Å². The highest BCUT2D eigenvalue weighted by Crippen LogP contribution is 2.28. The summed E-state index contributed by atoms with van der Waals surface area (Å²) in [7, 11) is 0. The maximum absolute atomic E-state index is 4.68. The first-order valence-electron chi connectivity index (χ1n) is 7.32. The summed E-state index contributed by atoms with van der Waals surface area (Å²) in [6, 6.07) is 0.642. The molecule has 0 spiro atoms. The zero-order valence-electron chi connectivity index (χ0n) is 11.3. The van der Waals surface area contributed by atoms with E-state index in [0.717, 1.165) is 30.9 Å². The van der Waals surface area contributed by atoms with E-state index in [4.69, 9.17) is 0 Å². The molecule has 3 heteroatoms. The second-order valence-corrected chi connectivity index (χ2v) is 5.76. The highest BCUT2D eigenvalue weighted by molar-refractivity contribution is 5.80. The van der Waals surface area contributed by atoms with E-state index in [0.29, 0.717) is 6.04 Å². The van der Waals surface area contributed by atoms with Gasteiger partial charge in [-0.25, -0.2) is 0 Å². The third-order valence-corrected chi connectivity index (χ3v) is 3.91. The van der Waals surface area contributed by atoms with Crippen molar-refractivity contribution in [1.29, 1.82) is 0 Å². The van der Waals surface area contributed by atoms with Crippen LogP contribution < -0.4 is 10.6 Å². The molecule has 0 aromatic rings. The van der Waals surface area contributed by atoms with Crippen molar-refractivity contribution in [2.24, 2.45) is 16.8 Å². The van der Waals surface area contributed by atoms with E-state index in [1.54, 1.807) is 0 Å². The zero-order chi connectivity index (χ0) is 12.1. The third-order valence-electron chi connectivity index (χ3n) is 3.91. The van der Waals surface area contributed by atoms with Crippen LogP contribution in [0.3, 0.4) is 0 Å². The lowest BCUT2D eigenvalue weighted by Gasteiger charge is -2.28. The first-order valence-corrected chi connectivity index (χ1v) is 7.32. The first-order chi connectivity index (χ1) is 8.28. The number of nitrogens with zero attached hydrogens (tertiary/aromatic N) is 1. The standard InChI is InChI=1S/C14H27N3/c1-3-15-14(16-10-12-6-7-12)17-13-8-4-11(2)5-9-13/h11-13H,3-10H2,1-2H3,(H2,15,16,17). The van der Waals surface area contributed by atoms with E-state index >= 15 is 0 Å². The summed E-state index contributed by atoms with van der Waals surface area (Å²) in [5.41, 5.74) is 0. The van der Waals surface area contributed by atoms with Crippen molar-refractivity contribution in [3.8, 4) is 0 Å². The Kier molecular flexibility index (Phi) is 4.69. The Balaban J connectivity index is 1.77. The summed E-state index contributed by atoms with van der Waals surface area (Å²) in [6.07, 6.45) is 8.08. The van der Waals surface area contributed by atoms with Gasteiger partial charge in [-0.3, -0.25) is 4.99 Å². The molecule has 2 fully saturated rings. The minimum atomic E-state index is 0.642. The van der Waals surface area contributed by atoms with Gasteiger partial charge in [0.05, 0.1) is 0 Å². The van der Waals surface area contributed by atoms with Gasteiger partial charge < -0.3 is 10.6 Å². The second kappa shape index (κ2) is 6.27. The Morgan fingerprint density at radius 2 is 1.82 bits per heavy atom. The summed E-state index contributed by atoms with van der Waals surface area (Å²) in [5.74, 6) is 2.83. The molecule has 2 saturated carbocycles. The van der Waals surface area contributed by atoms with Crippen LogP contribution in [-0.4, -0.2) is 25.1 Å². The minimum Gasteiger partial charge on any atom is -0.357 e. The predicted molar refractivity (Wildman–Crippen MR) is 73.3 cm³/mol. The average Bonchev–Trinajstić information content (AvgIpc) is 3.13. The lowest BCUT2D eigenvalue weighted by atomic mass is 9.87. The van der Waals surface area contributed by atoms with Crippen molar-refractivity contribution in [3.05, 3.63) is 0 Å². The summed E-state index contributed by atoms with van der Waals surface area (Å²) in [6.45, 7) is 6.47. The van der Waals surface area contributed by atoms with Gasteiger partial charge in [-0.15, -0.1) is 0 Å². The third kappa shape index (κ3) is 4.57. The fourth-order valence-electron chi connectivity index (χ4n) is 2.44. The molecule has 0 aromatic carbocycles. The molecule has 17 heavy (non-hydrogen) atoms. The van der Waals surface area contributed by atoms with Crippen molar-refractivity contribution in [3.63, 3.8) is 0 Å². The molecule has 0 heterocycles. The van der Waals surface area contributed by atoms with Crippen LogP contribution in [-0.2, 0) is 0 Å². The molecular weight excluding hydrogens is 210 g/mol. The van der Waals surface area contributed by atoms with Crippen molar-refractivity contribution in [2.45, 2.75) is 58.4 Å². The smallest absolute Gasteiger partial charge is 0.191 e. The molecule has 0 aromatic heterocycles. The number of hydrogen-bond acceptors (Lipinski definition) is 1. The quantitative estimate of drug-likeness (QED) is 0.582. The Morgan fingerprint density at radius 3 is 2.41 bits per heavy atom. The van der Waals surface area contributed by atoms with Gasteiger partial charge in [0, 0.05) is 19.1 Å². The number of nitrogens with one attached hydrogen (secondary N) is 2. The number of guanidine groups is 1. The molecule has 2 aliphatic carbocycles. The van der Waals surface area contributed by atoms with Crippen LogP contribution in [0.5, 0.6) is 0 Å². The van der Waals surface area contributed by atoms with E-state index in [9.17, 15) is 0 Å². The van der Waals surface area contributed by atoms with E-state index in [-0.39, 0.29) is 0 Å². The fourth-order valence-corrected chi connectivity index (χ4v) is 2.44. The van der Waals surface area contributed by atoms with E-state index < -0.39 is 0 Å². The Labute approximate surface area is 105 Å². The van der Waals surface area contributed by atoms with Crippen LogP contribution in [0, 0.1) is 11.8 Å². The van der Waals surface area contributed by atoms with Crippen LogP contribution in [0.4, 0.5) is 0 Å². The first kappa shape index (κ1) is 12.7. The van der Waals surface area contributed by atoms with Gasteiger partial charge in [0.2, 0.25) is 0 Å². The molecule has 2 N–H and O–H groups in total.